The predicted octanol–water partition coefficient (Wildman–Crippen LogP) is 7.01. The zero-order valence-electron chi connectivity index (χ0n) is 37.5. The summed E-state index contributed by atoms with van der Waals surface area (Å²) in [7, 11) is -12.1. The maximum absolute atomic E-state index is 7.55. The van der Waals surface area contributed by atoms with Crippen molar-refractivity contribution in [3.8, 4) is 0 Å². The minimum Gasteiger partial charge on any atom is -0.390 e. The molecule has 0 spiro atoms. The fraction of sp³-hybridized carbons (Fsp3) is 1.00. The molecule has 53 heavy (non-hydrogen) atoms. The highest BCUT2D eigenvalue weighted by molar-refractivity contribution is 6.50. The Balaban J connectivity index is 7.69. The summed E-state index contributed by atoms with van der Waals surface area (Å²) in [5, 5.41) is 0. The standard InChI is InChI=1S/C36H90O9Si8/c1-15-17-19-21-23-24-25-26-28-30-32-37-33(42-50(7)8,31-29-27-22-20-18-16-2)34(43-51(9)10,44-52(11)12)35(38-46-3,45-53(13)14)36(39-47-4,40-48-5)41-49-6/h50-53H,15-32,46-49H2,1-14H3. The summed E-state index contributed by atoms with van der Waals surface area (Å²) in [6.45, 7) is 31.2. The first kappa shape index (κ1) is 54.4. The van der Waals surface area contributed by atoms with Gasteiger partial charge in [-0.1, -0.05) is 130 Å². The summed E-state index contributed by atoms with van der Waals surface area (Å²) >= 11 is 0. The van der Waals surface area contributed by atoms with E-state index in [4.69, 9.17) is 40.1 Å². The highest BCUT2D eigenvalue weighted by Gasteiger charge is 2.79. The summed E-state index contributed by atoms with van der Waals surface area (Å²) in [6.07, 6.45) is 20.1. The monoisotopic (exact) mass is 890 g/mol. The van der Waals surface area contributed by atoms with Crippen LogP contribution in [0.2, 0.25) is 78.6 Å². The van der Waals surface area contributed by atoms with Gasteiger partial charge in [-0.3, -0.25) is 0 Å². The minimum absolute atomic E-state index is 0.545. The van der Waals surface area contributed by atoms with Crippen LogP contribution in [0, 0.1) is 0 Å². The van der Waals surface area contributed by atoms with Crippen molar-refractivity contribution >= 4 is 75.2 Å². The summed E-state index contributed by atoms with van der Waals surface area (Å²) in [5.74, 6) is -6.21. The molecule has 9 nitrogen and oxygen atoms in total. The van der Waals surface area contributed by atoms with Crippen LogP contribution in [-0.4, -0.2) is 105 Å². The number of hydrogen-bond acceptors (Lipinski definition) is 9. The van der Waals surface area contributed by atoms with Crippen LogP contribution < -0.4 is 0 Å². The Morgan fingerprint density at radius 1 is 0.396 bits per heavy atom. The average Bonchev–Trinajstić information content (AvgIpc) is 3.07. The number of ether oxygens (including phenoxy) is 1. The van der Waals surface area contributed by atoms with E-state index in [0.717, 1.165) is 25.7 Å². The molecule has 0 aromatic rings. The summed E-state index contributed by atoms with van der Waals surface area (Å²) < 4.78 is 65.4. The molecule has 0 aromatic carbocycles. The third-order valence-corrected chi connectivity index (χ3v) is 15.0. The molecular weight excluding hydrogens is 801 g/mol. The second-order valence-corrected chi connectivity index (χ2v) is 28.3. The number of rotatable bonds is 38. The first-order chi connectivity index (χ1) is 25.3. The van der Waals surface area contributed by atoms with Crippen LogP contribution in [0.5, 0.6) is 0 Å². The molecule has 0 aliphatic heterocycles. The predicted molar refractivity (Wildman–Crippen MR) is 249 cm³/mol. The van der Waals surface area contributed by atoms with E-state index < -0.39 is 98.5 Å². The van der Waals surface area contributed by atoms with Gasteiger partial charge in [-0.15, -0.1) is 0 Å². The van der Waals surface area contributed by atoms with Crippen molar-refractivity contribution in [2.75, 3.05) is 6.61 Å². The van der Waals surface area contributed by atoms with Gasteiger partial charge < -0.3 is 40.1 Å². The van der Waals surface area contributed by atoms with E-state index in [-0.39, 0.29) is 0 Å². The molecule has 0 bridgehead atoms. The lowest BCUT2D eigenvalue weighted by molar-refractivity contribution is -0.503. The molecule has 0 aliphatic carbocycles. The van der Waals surface area contributed by atoms with E-state index in [0.29, 0.717) is 13.0 Å². The van der Waals surface area contributed by atoms with Gasteiger partial charge in [0.1, 0.15) is 0 Å². The molecule has 320 valence electrons. The van der Waals surface area contributed by atoms with Gasteiger partial charge in [-0.25, -0.2) is 0 Å². The van der Waals surface area contributed by atoms with Gasteiger partial charge in [-0.05, 0) is 65.2 Å². The van der Waals surface area contributed by atoms with Gasteiger partial charge in [0.2, 0.25) is 5.79 Å². The zero-order chi connectivity index (χ0) is 40.2. The van der Waals surface area contributed by atoms with Crippen LogP contribution in [0.1, 0.15) is 123 Å². The van der Waals surface area contributed by atoms with Gasteiger partial charge in [0, 0.05) is 6.42 Å². The molecular formula is C36H90O9Si8. The molecule has 17 heteroatoms. The Labute approximate surface area is 345 Å². The Kier molecular flexibility index (Phi) is 32.1. The van der Waals surface area contributed by atoms with Crippen molar-refractivity contribution in [1.82, 2.24) is 0 Å². The Bertz CT molecular complexity index is 839. The summed E-state index contributed by atoms with van der Waals surface area (Å²) in [4.78, 5) is 0. The SMILES string of the molecule is CCCCCCCCCCCCOC(CCCCCCCC)(O[SiH](C)C)C(O[SiH](C)C)(O[SiH](C)C)C(O[SiH2]C)(O[SiH](C)C)C(O[SiH2]C)(O[SiH2]C)O[SiH2]C. The minimum atomic E-state index is -1.94. The van der Waals surface area contributed by atoms with Crippen LogP contribution in [0.15, 0.2) is 0 Å². The van der Waals surface area contributed by atoms with E-state index in [9.17, 15) is 0 Å². The fourth-order valence-corrected chi connectivity index (χ4v) is 15.2. The van der Waals surface area contributed by atoms with E-state index in [2.05, 4.69) is 92.4 Å². The molecule has 0 heterocycles. The van der Waals surface area contributed by atoms with Gasteiger partial charge in [0.15, 0.2) is 75.2 Å². The number of unbranched alkanes of at least 4 members (excludes halogenated alkanes) is 14. The van der Waals surface area contributed by atoms with Crippen LogP contribution in [0.25, 0.3) is 0 Å². The summed E-state index contributed by atoms with van der Waals surface area (Å²) in [5.41, 5.74) is 0. The Morgan fingerprint density at radius 2 is 0.736 bits per heavy atom. The van der Waals surface area contributed by atoms with Crippen molar-refractivity contribution in [3.63, 3.8) is 0 Å². The first-order valence-electron chi connectivity index (χ1n) is 22.2. The van der Waals surface area contributed by atoms with Gasteiger partial charge >= 0.3 is 5.97 Å². The second kappa shape index (κ2) is 31.3. The van der Waals surface area contributed by atoms with Gasteiger partial charge in [-0.2, -0.15) is 0 Å². The first-order valence-corrected chi connectivity index (χ1v) is 41.3. The molecule has 0 saturated heterocycles. The van der Waals surface area contributed by atoms with Crippen molar-refractivity contribution < 1.29 is 40.1 Å². The molecule has 0 N–H and O–H groups in total. The second-order valence-electron chi connectivity index (χ2n) is 15.5. The highest BCUT2D eigenvalue weighted by atomic mass is 28.3. The molecule has 0 amide bonds. The van der Waals surface area contributed by atoms with E-state index in [1.54, 1.807) is 0 Å². The number of hydrogen-bond donors (Lipinski definition) is 0. The largest absolute Gasteiger partial charge is 0.390 e. The van der Waals surface area contributed by atoms with Crippen molar-refractivity contribution in [2.45, 2.75) is 225 Å². The third kappa shape index (κ3) is 18.5. The van der Waals surface area contributed by atoms with E-state index in [1.807, 2.05) is 0 Å². The molecule has 0 rings (SSSR count). The van der Waals surface area contributed by atoms with E-state index in [1.165, 1.54) is 77.0 Å². The zero-order valence-corrected chi connectivity index (χ0v) is 47.8. The highest BCUT2D eigenvalue weighted by Crippen LogP contribution is 2.54. The topological polar surface area (TPSA) is 83.1 Å². The van der Waals surface area contributed by atoms with Crippen LogP contribution in [0.3, 0.4) is 0 Å². The lowest BCUT2D eigenvalue weighted by Crippen LogP contribution is -2.84. The van der Waals surface area contributed by atoms with Crippen LogP contribution >= 0.6 is 0 Å². The lowest BCUT2D eigenvalue weighted by atomic mass is 9.89. The molecule has 0 aliphatic rings. The molecule has 0 saturated carbocycles. The smallest absolute Gasteiger partial charge is 0.314 e. The normalized spacial score (nSPS) is 17.1. The molecule has 0 aromatic heterocycles. The summed E-state index contributed by atoms with van der Waals surface area (Å²) in [6, 6.07) is 0. The van der Waals surface area contributed by atoms with Crippen LogP contribution in [-0.2, 0) is 40.1 Å². The third-order valence-electron chi connectivity index (χ3n) is 9.01. The molecule has 2 atom stereocenters. The quantitative estimate of drug-likeness (QED) is 0.0370. The molecule has 0 radical (unpaired) electrons. The van der Waals surface area contributed by atoms with Crippen molar-refractivity contribution in [2.24, 2.45) is 0 Å². The fourth-order valence-electron chi connectivity index (χ4n) is 7.21. The Morgan fingerprint density at radius 3 is 1.09 bits per heavy atom. The maximum Gasteiger partial charge on any atom is 0.314 e. The molecule has 2 unspecified atom stereocenters. The van der Waals surface area contributed by atoms with Crippen LogP contribution in [0.4, 0.5) is 0 Å². The van der Waals surface area contributed by atoms with Crippen molar-refractivity contribution in [3.05, 3.63) is 0 Å². The van der Waals surface area contributed by atoms with Gasteiger partial charge in [0.05, 0.1) is 6.61 Å². The van der Waals surface area contributed by atoms with Crippen molar-refractivity contribution in [1.29, 1.82) is 0 Å². The maximum atomic E-state index is 7.55. The Hall–Kier alpha value is 1.38. The average molecular weight is 892 g/mol. The van der Waals surface area contributed by atoms with Gasteiger partial charge in [0.25, 0.3) is 11.6 Å². The molecule has 0 fully saturated rings. The lowest BCUT2D eigenvalue weighted by Gasteiger charge is -2.63. The van der Waals surface area contributed by atoms with E-state index >= 15 is 0 Å².